The van der Waals surface area contributed by atoms with Crippen LogP contribution in [0.3, 0.4) is 0 Å². The van der Waals surface area contributed by atoms with Crippen LogP contribution in [0.2, 0.25) is 0 Å². The Morgan fingerprint density at radius 3 is 2.75 bits per heavy atom. The Kier molecular flexibility index (Phi) is 5.91. The van der Waals surface area contributed by atoms with Gasteiger partial charge in [0.05, 0.1) is 11.3 Å². The first-order valence-corrected chi connectivity index (χ1v) is 6.33. The molecule has 0 bridgehead atoms. The van der Waals surface area contributed by atoms with Crippen LogP contribution in [-0.4, -0.2) is 23.4 Å². The SMILES string of the molecule is Cl.NCC(NC(=O)Cc1cccc([N+](=O)[O-])c1)C1CC1. The van der Waals surface area contributed by atoms with E-state index in [1.54, 1.807) is 12.1 Å². The first kappa shape index (κ1) is 16.4. The normalized spacial score (nSPS) is 15.1. The number of benzene rings is 1. The summed E-state index contributed by atoms with van der Waals surface area (Å²) in [5, 5.41) is 13.5. The van der Waals surface area contributed by atoms with Gasteiger partial charge in [0.25, 0.3) is 5.69 Å². The van der Waals surface area contributed by atoms with Crippen LogP contribution < -0.4 is 11.1 Å². The number of nitrogens with zero attached hydrogens (tertiary/aromatic N) is 1. The molecule has 1 aromatic rings. The highest BCUT2D eigenvalue weighted by Crippen LogP contribution is 2.32. The first-order chi connectivity index (χ1) is 9.10. The van der Waals surface area contributed by atoms with E-state index in [0.717, 1.165) is 12.8 Å². The predicted molar refractivity (Wildman–Crippen MR) is 77.8 cm³/mol. The van der Waals surface area contributed by atoms with Gasteiger partial charge in [-0.25, -0.2) is 0 Å². The van der Waals surface area contributed by atoms with Crippen LogP contribution in [0.5, 0.6) is 0 Å². The molecule has 1 aliphatic carbocycles. The van der Waals surface area contributed by atoms with Crippen LogP contribution in [0.15, 0.2) is 24.3 Å². The molecule has 1 aromatic carbocycles. The van der Waals surface area contributed by atoms with Crippen LogP contribution in [0.4, 0.5) is 5.69 Å². The second-order valence-corrected chi connectivity index (χ2v) is 4.85. The molecule has 7 heteroatoms. The van der Waals surface area contributed by atoms with E-state index < -0.39 is 4.92 Å². The lowest BCUT2D eigenvalue weighted by atomic mass is 10.1. The van der Waals surface area contributed by atoms with Crippen molar-refractivity contribution in [3.05, 3.63) is 39.9 Å². The number of amides is 1. The predicted octanol–water partition coefficient (Wildman–Crippen LogP) is 1.41. The van der Waals surface area contributed by atoms with E-state index in [-0.39, 0.29) is 36.5 Å². The van der Waals surface area contributed by atoms with Gasteiger partial charge in [0.2, 0.25) is 5.91 Å². The fourth-order valence-electron chi connectivity index (χ4n) is 2.09. The lowest BCUT2D eigenvalue weighted by Gasteiger charge is -2.15. The third-order valence-electron chi connectivity index (χ3n) is 3.28. The van der Waals surface area contributed by atoms with E-state index in [1.807, 2.05) is 0 Å². The maximum Gasteiger partial charge on any atom is 0.269 e. The van der Waals surface area contributed by atoms with Crippen molar-refractivity contribution >= 4 is 24.0 Å². The quantitative estimate of drug-likeness (QED) is 0.613. The van der Waals surface area contributed by atoms with Gasteiger partial charge in [-0.15, -0.1) is 12.4 Å². The molecule has 1 aliphatic rings. The summed E-state index contributed by atoms with van der Waals surface area (Å²) in [6, 6.07) is 6.16. The number of hydrogen-bond acceptors (Lipinski definition) is 4. The fourth-order valence-corrected chi connectivity index (χ4v) is 2.09. The number of rotatable bonds is 6. The van der Waals surface area contributed by atoms with Gasteiger partial charge >= 0.3 is 0 Å². The average molecular weight is 300 g/mol. The minimum absolute atomic E-state index is 0. The summed E-state index contributed by atoms with van der Waals surface area (Å²) in [6.45, 7) is 0.436. The standard InChI is InChI=1S/C13H17N3O3.ClH/c14-8-12(10-4-5-10)15-13(17)7-9-2-1-3-11(6-9)16(18)19;/h1-3,6,10,12H,4-5,7-8,14H2,(H,15,17);1H. The van der Waals surface area contributed by atoms with E-state index >= 15 is 0 Å². The number of non-ortho nitro benzene ring substituents is 1. The minimum Gasteiger partial charge on any atom is -0.352 e. The highest BCUT2D eigenvalue weighted by Gasteiger charge is 2.31. The highest BCUT2D eigenvalue weighted by molar-refractivity contribution is 5.85. The smallest absolute Gasteiger partial charge is 0.269 e. The molecule has 3 N–H and O–H groups in total. The van der Waals surface area contributed by atoms with E-state index in [9.17, 15) is 14.9 Å². The molecule has 0 aliphatic heterocycles. The Hall–Kier alpha value is -1.66. The molecule has 2 rings (SSSR count). The third kappa shape index (κ3) is 4.47. The Morgan fingerprint density at radius 2 is 2.20 bits per heavy atom. The van der Waals surface area contributed by atoms with Crippen molar-refractivity contribution in [2.24, 2.45) is 11.7 Å². The fraction of sp³-hybridized carbons (Fsp3) is 0.462. The lowest BCUT2D eigenvalue weighted by Crippen LogP contribution is -2.42. The maximum atomic E-state index is 11.9. The van der Waals surface area contributed by atoms with Gasteiger partial charge in [-0.2, -0.15) is 0 Å². The Labute approximate surface area is 123 Å². The minimum atomic E-state index is -0.464. The molecule has 6 nitrogen and oxygen atoms in total. The first-order valence-electron chi connectivity index (χ1n) is 6.33. The molecule has 110 valence electrons. The van der Waals surface area contributed by atoms with Crippen LogP contribution in [0.25, 0.3) is 0 Å². The number of hydrogen-bond donors (Lipinski definition) is 2. The third-order valence-corrected chi connectivity index (χ3v) is 3.28. The summed E-state index contributed by atoms with van der Waals surface area (Å²) < 4.78 is 0. The van der Waals surface area contributed by atoms with Crippen molar-refractivity contribution in [1.29, 1.82) is 0 Å². The van der Waals surface area contributed by atoms with Crippen molar-refractivity contribution in [2.75, 3.05) is 6.54 Å². The lowest BCUT2D eigenvalue weighted by molar-refractivity contribution is -0.384. The Balaban J connectivity index is 0.00000200. The summed E-state index contributed by atoms with van der Waals surface area (Å²) in [5.41, 5.74) is 6.26. The van der Waals surface area contributed by atoms with E-state index in [1.165, 1.54) is 12.1 Å². The number of nitro groups is 1. The maximum absolute atomic E-state index is 11.9. The van der Waals surface area contributed by atoms with E-state index in [0.29, 0.717) is 18.0 Å². The monoisotopic (exact) mass is 299 g/mol. The zero-order chi connectivity index (χ0) is 13.8. The largest absolute Gasteiger partial charge is 0.352 e. The summed E-state index contributed by atoms with van der Waals surface area (Å²) in [5.74, 6) is 0.363. The van der Waals surface area contributed by atoms with Crippen molar-refractivity contribution in [1.82, 2.24) is 5.32 Å². The highest BCUT2D eigenvalue weighted by atomic mass is 35.5. The molecule has 1 atom stereocenters. The van der Waals surface area contributed by atoms with E-state index in [2.05, 4.69) is 5.32 Å². The second kappa shape index (κ2) is 7.21. The molecule has 1 fully saturated rings. The van der Waals surface area contributed by atoms with Gasteiger partial charge in [-0.3, -0.25) is 14.9 Å². The number of nitro benzene ring substituents is 1. The summed E-state index contributed by atoms with van der Waals surface area (Å²) in [4.78, 5) is 22.0. The molecule has 1 saturated carbocycles. The number of nitrogens with one attached hydrogen (secondary N) is 1. The Bertz CT molecular complexity index is 492. The second-order valence-electron chi connectivity index (χ2n) is 4.85. The molecular formula is C13H18ClN3O3. The molecule has 0 aromatic heterocycles. The van der Waals surface area contributed by atoms with Crippen molar-refractivity contribution in [3.8, 4) is 0 Å². The topological polar surface area (TPSA) is 98.3 Å². The zero-order valence-electron chi connectivity index (χ0n) is 11.0. The zero-order valence-corrected chi connectivity index (χ0v) is 11.8. The van der Waals surface area contributed by atoms with Crippen LogP contribution >= 0.6 is 12.4 Å². The van der Waals surface area contributed by atoms with Crippen LogP contribution in [-0.2, 0) is 11.2 Å². The van der Waals surface area contributed by atoms with Gasteiger partial charge in [0.1, 0.15) is 0 Å². The van der Waals surface area contributed by atoms with Crippen molar-refractivity contribution in [2.45, 2.75) is 25.3 Å². The van der Waals surface area contributed by atoms with E-state index in [4.69, 9.17) is 5.73 Å². The molecule has 1 unspecified atom stereocenters. The van der Waals surface area contributed by atoms with Crippen LogP contribution in [0, 0.1) is 16.0 Å². The van der Waals surface area contributed by atoms with Gasteiger partial charge < -0.3 is 11.1 Å². The number of nitrogens with two attached hydrogens (primary N) is 1. The summed E-state index contributed by atoms with van der Waals surface area (Å²) >= 11 is 0. The molecule has 20 heavy (non-hydrogen) atoms. The van der Waals surface area contributed by atoms with Gasteiger partial charge in [-0.05, 0) is 24.3 Å². The van der Waals surface area contributed by atoms with Crippen molar-refractivity contribution < 1.29 is 9.72 Å². The molecular weight excluding hydrogens is 282 g/mol. The Morgan fingerprint density at radius 1 is 1.50 bits per heavy atom. The van der Waals surface area contributed by atoms with Crippen LogP contribution in [0.1, 0.15) is 18.4 Å². The molecule has 0 heterocycles. The van der Waals surface area contributed by atoms with Gasteiger partial charge in [0, 0.05) is 24.7 Å². The van der Waals surface area contributed by atoms with Gasteiger partial charge in [-0.1, -0.05) is 12.1 Å². The molecule has 0 radical (unpaired) electrons. The molecule has 0 saturated heterocycles. The molecule has 1 amide bonds. The van der Waals surface area contributed by atoms with Crippen molar-refractivity contribution in [3.63, 3.8) is 0 Å². The average Bonchev–Trinajstić information content (AvgIpc) is 3.20. The summed E-state index contributed by atoms with van der Waals surface area (Å²) in [7, 11) is 0. The number of carbonyl (C=O) groups is 1. The molecule has 0 spiro atoms. The number of carbonyl (C=O) groups excluding carboxylic acids is 1. The summed E-state index contributed by atoms with van der Waals surface area (Å²) in [6.07, 6.45) is 2.36. The number of halogens is 1. The van der Waals surface area contributed by atoms with Gasteiger partial charge in [0.15, 0.2) is 0 Å².